The number of carbonyl (C=O) groups excluding carboxylic acids is 1. The number of rotatable bonds is 3. The van der Waals surface area contributed by atoms with E-state index in [0.717, 1.165) is 0 Å². The largest absolute Gasteiger partial charge is 0.468 e. The number of halogens is 3. The minimum absolute atomic E-state index is 0.127. The van der Waals surface area contributed by atoms with Crippen molar-refractivity contribution in [2.24, 2.45) is 5.41 Å². The Morgan fingerprint density at radius 3 is 2.28 bits per heavy atom. The zero-order chi connectivity index (χ0) is 14.0. The summed E-state index contributed by atoms with van der Waals surface area (Å²) in [6, 6.07) is 2.66. The summed E-state index contributed by atoms with van der Waals surface area (Å²) in [6.07, 6.45) is -3.18. The molecule has 18 heavy (non-hydrogen) atoms. The van der Waals surface area contributed by atoms with E-state index in [2.05, 4.69) is 9.72 Å². The van der Waals surface area contributed by atoms with Crippen molar-refractivity contribution < 1.29 is 22.7 Å². The van der Waals surface area contributed by atoms with Crippen molar-refractivity contribution in [2.75, 3.05) is 6.61 Å². The number of nitrogens with zero attached hydrogens (tertiary/aromatic N) is 1. The van der Waals surface area contributed by atoms with E-state index >= 15 is 0 Å². The molecule has 0 radical (unpaired) electrons. The first-order chi connectivity index (χ1) is 8.09. The van der Waals surface area contributed by atoms with Gasteiger partial charge in [-0.15, -0.1) is 0 Å². The summed E-state index contributed by atoms with van der Waals surface area (Å²) < 4.78 is 40.1. The lowest BCUT2D eigenvalue weighted by atomic mass is 9.87. The second kappa shape index (κ2) is 4.96. The molecule has 0 aromatic carbocycles. The van der Waals surface area contributed by atoms with Gasteiger partial charge in [0.1, 0.15) is 0 Å². The summed E-state index contributed by atoms with van der Waals surface area (Å²) in [4.78, 5) is 15.5. The molecule has 0 saturated heterocycles. The average molecular weight is 261 g/mol. The maximum Gasteiger partial charge on any atom is 0.422 e. The van der Waals surface area contributed by atoms with Gasteiger partial charge >= 0.3 is 6.18 Å². The van der Waals surface area contributed by atoms with E-state index in [-0.39, 0.29) is 11.7 Å². The third-order valence-electron chi connectivity index (χ3n) is 2.06. The smallest absolute Gasteiger partial charge is 0.422 e. The van der Waals surface area contributed by atoms with Crippen molar-refractivity contribution in [1.82, 2.24) is 4.98 Å². The van der Waals surface area contributed by atoms with Crippen LogP contribution in [0.4, 0.5) is 13.2 Å². The summed E-state index contributed by atoms with van der Waals surface area (Å²) in [5.41, 5.74) is -0.211. The molecule has 0 fully saturated rings. The average Bonchev–Trinajstić information content (AvgIpc) is 2.24. The van der Waals surface area contributed by atoms with Crippen molar-refractivity contribution in [3.8, 4) is 5.88 Å². The Bertz CT molecular complexity index is 418. The highest BCUT2D eigenvalue weighted by Crippen LogP contribution is 2.22. The highest BCUT2D eigenvalue weighted by atomic mass is 19.4. The monoisotopic (exact) mass is 261 g/mol. The summed E-state index contributed by atoms with van der Waals surface area (Å²) in [5, 5.41) is 0. The molecule has 1 rings (SSSR count). The van der Waals surface area contributed by atoms with Crippen LogP contribution in [0.25, 0.3) is 0 Å². The van der Waals surface area contributed by atoms with Crippen LogP contribution in [0, 0.1) is 5.41 Å². The van der Waals surface area contributed by atoms with Gasteiger partial charge in [0.2, 0.25) is 5.88 Å². The summed E-state index contributed by atoms with van der Waals surface area (Å²) in [7, 11) is 0. The van der Waals surface area contributed by atoms with Crippen molar-refractivity contribution in [3.05, 3.63) is 23.9 Å². The minimum Gasteiger partial charge on any atom is -0.468 e. The lowest BCUT2D eigenvalue weighted by Gasteiger charge is -2.16. The van der Waals surface area contributed by atoms with Gasteiger partial charge in [-0.05, 0) is 6.07 Å². The molecule has 6 heteroatoms. The van der Waals surface area contributed by atoms with Crippen LogP contribution in [0.5, 0.6) is 5.88 Å². The first-order valence-corrected chi connectivity index (χ1v) is 5.30. The number of pyridine rings is 1. The number of ether oxygens (including phenoxy) is 1. The fraction of sp³-hybridized carbons (Fsp3) is 0.500. The maximum atomic E-state index is 11.9. The van der Waals surface area contributed by atoms with E-state index in [4.69, 9.17) is 0 Å². The van der Waals surface area contributed by atoms with Crippen LogP contribution >= 0.6 is 0 Å². The molecule has 3 nitrogen and oxygen atoms in total. The molecule has 0 aliphatic carbocycles. The zero-order valence-corrected chi connectivity index (χ0v) is 10.3. The Morgan fingerprint density at radius 2 is 1.89 bits per heavy atom. The van der Waals surface area contributed by atoms with E-state index in [9.17, 15) is 18.0 Å². The minimum atomic E-state index is -4.40. The van der Waals surface area contributed by atoms with Crippen LogP contribution in [-0.2, 0) is 0 Å². The van der Waals surface area contributed by atoms with E-state index in [1.807, 2.05) is 0 Å². The topological polar surface area (TPSA) is 39.2 Å². The molecular formula is C12H14F3NO2. The molecule has 0 bridgehead atoms. The van der Waals surface area contributed by atoms with Gasteiger partial charge in [0.25, 0.3) is 0 Å². The Kier molecular flexibility index (Phi) is 3.98. The van der Waals surface area contributed by atoms with Gasteiger partial charge in [-0.1, -0.05) is 20.8 Å². The summed E-state index contributed by atoms with van der Waals surface area (Å²) in [6.45, 7) is 3.86. The van der Waals surface area contributed by atoms with Crippen LogP contribution in [-0.4, -0.2) is 23.6 Å². The zero-order valence-electron chi connectivity index (χ0n) is 10.3. The SMILES string of the molecule is CC(C)(C)C(=O)c1ccc(OCC(F)(F)F)nc1. The quantitative estimate of drug-likeness (QED) is 0.784. The Morgan fingerprint density at radius 1 is 1.28 bits per heavy atom. The Labute approximate surface area is 103 Å². The van der Waals surface area contributed by atoms with Crippen LogP contribution < -0.4 is 4.74 Å². The third-order valence-corrected chi connectivity index (χ3v) is 2.06. The number of alkyl halides is 3. The molecule has 1 aromatic rings. The lowest BCUT2D eigenvalue weighted by molar-refractivity contribution is -0.154. The maximum absolute atomic E-state index is 11.9. The molecule has 0 unspecified atom stereocenters. The van der Waals surface area contributed by atoms with Crippen molar-refractivity contribution in [1.29, 1.82) is 0 Å². The molecule has 0 aliphatic rings. The fourth-order valence-corrected chi connectivity index (χ4v) is 1.19. The van der Waals surface area contributed by atoms with Crippen LogP contribution in [0.1, 0.15) is 31.1 Å². The van der Waals surface area contributed by atoms with Gasteiger partial charge in [-0.25, -0.2) is 4.98 Å². The normalized spacial score (nSPS) is 12.3. The molecule has 1 heterocycles. The van der Waals surface area contributed by atoms with Gasteiger partial charge in [0.15, 0.2) is 12.4 Å². The highest BCUT2D eigenvalue weighted by molar-refractivity contribution is 5.99. The van der Waals surface area contributed by atoms with Crippen LogP contribution in [0.3, 0.4) is 0 Å². The van der Waals surface area contributed by atoms with Crippen LogP contribution in [0.2, 0.25) is 0 Å². The van der Waals surface area contributed by atoms with Crippen molar-refractivity contribution >= 4 is 5.78 Å². The first kappa shape index (κ1) is 14.5. The molecule has 0 atom stereocenters. The second-order valence-electron chi connectivity index (χ2n) is 4.87. The van der Waals surface area contributed by atoms with Gasteiger partial charge in [-0.3, -0.25) is 4.79 Å². The molecular weight excluding hydrogens is 247 g/mol. The number of carbonyl (C=O) groups is 1. The third kappa shape index (κ3) is 4.35. The van der Waals surface area contributed by atoms with E-state index < -0.39 is 18.2 Å². The lowest BCUT2D eigenvalue weighted by Crippen LogP contribution is -2.21. The van der Waals surface area contributed by atoms with Gasteiger partial charge in [0, 0.05) is 23.2 Å². The fourth-order valence-electron chi connectivity index (χ4n) is 1.19. The van der Waals surface area contributed by atoms with Crippen LogP contribution in [0.15, 0.2) is 18.3 Å². The van der Waals surface area contributed by atoms with Crippen molar-refractivity contribution in [3.63, 3.8) is 0 Å². The number of hydrogen-bond acceptors (Lipinski definition) is 3. The molecule has 0 N–H and O–H groups in total. The highest BCUT2D eigenvalue weighted by Gasteiger charge is 2.29. The molecule has 100 valence electrons. The first-order valence-electron chi connectivity index (χ1n) is 5.30. The van der Waals surface area contributed by atoms with E-state index in [0.29, 0.717) is 5.56 Å². The summed E-state index contributed by atoms with van der Waals surface area (Å²) in [5.74, 6) is -0.282. The number of hydrogen-bond donors (Lipinski definition) is 0. The Balaban J connectivity index is 2.72. The second-order valence-corrected chi connectivity index (χ2v) is 4.87. The van der Waals surface area contributed by atoms with Gasteiger partial charge in [-0.2, -0.15) is 13.2 Å². The molecule has 0 spiro atoms. The predicted octanol–water partition coefficient (Wildman–Crippen LogP) is 3.25. The van der Waals surface area contributed by atoms with E-state index in [1.54, 1.807) is 20.8 Å². The number of aromatic nitrogens is 1. The number of Topliss-reactive ketones (excluding diaryl/α,β-unsaturated/α-hetero) is 1. The van der Waals surface area contributed by atoms with Gasteiger partial charge in [0.05, 0.1) is 0 Å². The molecule has 0 amide bonds. The summed E-state index contributed by atoms with van der Waals surface area (Å²) >= 11 is 0. The molecule has 1 aromatic heterocycles. The number of ketones is 1. The van der Waals surface area contributed by atoms with Crippen molar-refractivity contribution in [2.45, 2.75) is 26.9 Å². The standard InChI is InChI=1S/C12H14F3NO2/c1-11(2,3)10(17)8-4-5-9(16-6-8)18-7-12(13,14)15/h4-6H,7H2,1-3H3. The molecule has 0 aliphatic heterocycles. The van der Waals surface area contributed by atoms with E-state index in [1.165, 1.54) is 18.3 Å². The van der Waals surface area contributed by atoms with Gasteiger partial charge < -0.3 is 4.74 Å². The molecule has 0 saturated carbocycles. The predicted molar refractivity (Wildman–Crippen MR) is 59.6 cm³/mol. The Hall–Kier alpha value is -1.59.